The lowest BCUT2D eigenvalue weighted by Crippen LogP contribution is -2.40. The number of hydrogen-bond donors (Lipinski definition) is 2. The van der Waals surface area contributed by atoms with E-state index in [4.69, 9.17) is 23.2 Å². The third-order valence-electron chi connectivity index (χ3n) is 7.15. The molecule has 3 aromatic carbocycles. The lowest BCUT2D eigenvalue weighted by Gasteiger charge is -2.19. The van der Waals surface area contributed by atoms with Crippen LogP contribution in [0.4, 0.5) is 11.4 Å². The molecule has 2 heterocycles. The van der Waals surface area contributed by atoms with Gasteiger partial charge in [-0.05, 0) is 73.5 Å². The number of amides is 4. The van der Waals surface area contributed by atoms with Crippen LogP contribution in [-0.4, -0.2) is 48.8 Å². The molecule has 40 heavy (non-hydrogen) atoms. The summed E-state index contributed by atoms with van der Waals surface area (Å²) in [7, 11) is 0. The lowest BCUT2D eigenvalue weighted by molar-refractivity contribution is -0.123. The molecule has 0 aliphatic carbocycles. The molecule has 0 radical (unpaired) electrons. The molecule has 2 saturated heterocycles. The van der Waals surface area contributed by atoms with Gasteiger partial charge in [0.25, 0.3) is 11.8 Å². The van der Waals surface area contributed by atoms with E-state index in [9.17, 15) is 19.2 Å². The fourth-order valence-corrected chi connectivity index (χ4v) is 5.50. The molecule has 0 spiro atoms. The molecular formula is C30H28Cl2N4O4. The average Bonchev–Trinajstić information content (AvgIpc) is 3.39. The molecule has 10 heteroatoms. The van der Waals surface area contributed by atoms with Crippen LogP contribution >= 0.6 is 23.2 Å². The van der Waals surface area contributed by atoms with Gasteiger partial charge in [0, 0.05) is 10.0 Å². The molecule has 2 fully saturated rings. The standard InChI is InChI=1S/C30H28Cl2N4O4/c31-23-7-3-1-5-19(23)13-15-33-25-17-27(37)35(29(25)39)21-9-11-22(12-10-21)36-28(38)18-26(30(36)40)34-16-14-20-6-2-4-8-24(20)32/h1-12,25-26,33-34H,13-18H2/t25-,26-/m0/s1. The highest BCUT2D eigenvalue weighted by Gasteiger charge is 2.41. The average molecular weight is 579 g/mol. The van der Waals surface area contributed by atoms with Crippen molar-refractivity contribution in [3.8, 4) is 0 Å². The van der Waals surface area contributed by atoms with Gasteiger partial charge in [-0.2, -0.15) is 0 Å². The molecule has 3 aromatic rings. The highest BCUT2D eigenvalue weighted by molar-refractivity contribution is 6.31. The van der Waals surface area contributed by atoms with Crippen molar-refractivity contribution in [3.05, 3.63) is 94.0 Å². The summed E-state index contributed by atoms with van der Waals surface area (Å²) in [5, 5.41) is 7.64. The number of nitrogens with zero attached hydrogens (tertiary/aromatic N) is 2. The minimum absolute atomic E-state index is 0.0494. The van der Waals surface area contributed by atoms with E-state index >= 15 is 0 Å². The summed E-state index contributed by atoms with van der Waals surface area (Å²) in [5.74, 6) is -1.31. The molecule has 2 aliphatic rings. The van der Waals surface area contributed by atoms with Gasteiger partial charge >= 0.3 is 0 Å². The van der Waals surface area contributed by atoms with Crippen LogP contribution in [0, 0.1) is 0 Å². The SMILES string of the molecule is O=C1C[C@H](NCCc2ccccc2Cl)C(=O)N1c1ccc(N2C(=O)C[C@H](NCCc3ccccc3Cl)C2=O)cc1. The summed E-state index contributed by atoms with van der Waals surface area (Å²) in [5.41, 5.74) is 2.71. The van der Waals surface area contributed by atoms with Crippen LogP contribution in [0.3, 0.4) is 0 Å². The van der Waals surface area contributed by atoms with Gasteiger partial charge < -0.3 is 10.6 Å². The first-order valence-electron chi connectivity index (χ1n) is 13.1. The Morgan fingerprint density at radius 1 is 0.600 bits per heavy atom. The molecule has 0 aromatic heterocycles. The number of carbonyl (C=O) groups is 4. The Morgan fingerprint density at radius 3 is 1.35 bits per heavy atom. The Bertz CT molecular complexity index is 1340. The minimum Gasteiger partial charge on any atom is -0.305 e. The topological polar surface area (TPSA) is 98.8 Å². The second kappa shape index (κ2) is 12.3. The summed E-state index contributed by atoms with van der Waals surface area (Å²) >= 11 is 12.4. The van der Waals surface area contributed by atoms with Crippen LogP contribution in [0.2, 0.25) is 10.0 Å². The van der Waals surface area contributed by atoms with Gasteiger partial charge in [0.2, 0.25) is 11.8 Å². The van der Waals surface area contributed by atoms with Crippen LogP contribution in [0.1, 0.15) is 24.0 Å². The number of carbonyl (C=O) groups excluding carboxylic acids is 4. The fraction of sp³-hybridized carbons (Fsp3) is 0.267. The van der Waals surface area contributed by atoms with E-state index in [0.717, 1.165) is 20.9 Å². The zero-order chi connectivity index (χ0) is 28.2. The molecule has 5 rings (SSSR count). The quantitative estimate of drug-likeness (QED) is 0.354. The van der Waals surface area contributed by atoms with Gasteiger partial charge in [0.05, 0.1) is 36.3 Å². The van der Waals surface area contributed by atoms with Crippen LogP contribution in [-0.2, 0) is 32.0 Å². The number of benzene rings is 3. The predicted octanol–water partition coefficient (Wildman–Crippen LogP) is 3.92. The fourth-order valence-electron chi connectivity index (χ4n) is 5.04. The van der Waals surface area contributed by atoms with Crippen molar-refractivity contribution in [2.75, 3.05) is 22.9 Å². The highest BCUT2D eigenvalue weighted by atomic mass is 35.5. The largest absolute Gasteiger partial charge is 0.305 e. The molecule has 0 saturated carbocycles. The predicted molar refractivity (Wildman–Crippen MR) is 155 cm³/mol. The van der Waals surface area contributed by atoms with Crippen LogP contribution in [0.25, 0.3) is 0 Å². The summed E-state index contributed by atoms with van der Waals surface area (Å²) < 4.78 is 0. The van der Waals surface area contributed by atoms with Crippen LogP contribution in [0.5, 0.6) is 0 Å². The van der Waals surface area contributed by atoms with Crippen LogP contribution in [0.15, 0.2) is 72.8 Å². The minimum atomic E-state index is -0.631. The van der Waals surface area contributed by atoms with E-state index < -0.39 is 12.1 Å². The van der Waals surface area contributed by atoms with Crippen molar-refractivity contribution >= 4 is 58.2 Å². The number of imide groups is 2. The van der Waals surface area contributed by atoms with Gasteiger partial charge in [-0.15, -0.1) is 0 Å². The van der Waals surface area contributed by atoms with Crippen molar-refractivity contribution in [1.29, 1.82) is 0 Å². The summed E-state index contributed by atoms with van der Waals surface area (Å²) in [4.78, 5) is 53.7. The maximum atomic E-state index is 13.0. The molecule has 0 bridgehead atoms. The maximum Gasteiger partial charge on any atom is 0.251 e. The van der Waals surface area contributed by atoms with Gasteiger partial charge in [-0.25, -0.2) is 9.80 Å². The van der Waals surface area contributed by atoms with E-state index in [-0.39, 0.29) is 36.5 Å². The number of hydrogen-bond acceptors (Lipinski definition) is 6. The Morgan fingerprint density at radius 2 is 0.975 bits per heavy atom. The zero-order valence-electron chi connectivity index (χ0n) is 21.6. The first kappa shape index (κ1) is 28.0. The molecule has 206 valence electrons. The molecule has 2 aliphatic heterocycles. The molecule has 8 nitrogen and oxygen atoms in total. The molecule has 2 N–H and O–H groups in total. The summed E-state index contributed by atoms with van der Waals surface area (Å²) in [6, 6.07) is 20.1. The van der Waals surface area contributed by atoms with Crippen LogP contribution < -0.4 is 20.4 Å². The van der Waals surface area contributed by atoms with E-state index in [0.29, 0.717) is 47.4 Å². The van der Waals surface area contributed by atoms with E-state index in [1.807, 2.05) is 48.5 Å². The number of nitrogens with one attached hydrogen (secondary N) is 2. The second-order valence-corrected chi connectivity index (χ2v) is 10.6. The van der Waals surface area contributed by atoms with Gasteiger partial charge in [-0.1, -0.05) is 59.6 Å². The number of rotatable bonds is 10. The third-order valence-corrected chi connectivity index (χ3v) is 7.88. The summed E-state index contributed by atoms with van der Waals surface area (Å²) in [6.45, 7) is 0.986. The van der Waals surface area contributed by atoms with Crippen molar-refractivity contribution in [3.63, 3.8) is 0 Å². The Kier molecular flexibility index (Phi) is 8.61. The van der Waals surface area contributed by atoms with E-state index in [1.54, 1.807) is 24.3 Å². The second-order valence-electron chi connectivity index (χ2n) is 9.76. The Hall–Kier alpha value is -3.56. The monoisotopic (exact) mass is 578 g/mol. The number of halogens is 2. The molecule has 2 atom stereocenters. The Labute approximate surface area is 242 Å². The van der Waals surface area contributed by atoms with Gasteiger partial charge in [0.15, 0.2) is 0 Å². The van der Waals surface area contributed by atoms with Gasteiger partial charge in [0.1, 0.15) is 0 Å². The van der Waals surface area contributed by atoms with Crippen molar-refractivity contribution in [2.24, 2.45) is 0 Å². The smallest absolute Gasteiger partial charge is 0.251 e. The molecule has 4 amide bonds. The van der Waals surface area contributed by atoms with Gasteiger partial charge in [-0.3, -0.25) is 19.2 Å². The molecular weight excluding hydrogens is 551 g/mol. The third kappa shape index (κ3) is 5.95. The molecule has 0 unspecified atom stereocenters. The van der Waals surface area contributed by atoms with Crippen molar-refractivity contribution < 1.29 is 19.2 Å². The van der Waals surface area contributed by atoms with E-state index in [1.165, 1.54) is 0 Å². The zero-order valence-corrected chi connectivity index (χ0v) is 23.1. The Balaban J connectivity index is 1.17. The first-order valence-corrected chi connectivity index (χ1v) is 13.9. The summed E-state index contributed by atoms with van der Waals surface area (Å²) in [6.07, 6.45) is 1.35. The van der Waals surface area contributed by atoms with E-state index in [2.05, 4.69) is 10.6 Å². The maximum absolute atomic E-state index is 13.0. The normalized spacial score (nSPS) is 19.2. The van der Waals surface area contributed by atoms with Crippen molar-refractivity contribution in [2.45, 2.75) is 37.8 Å². The highest BCUT2D eigenvalue weighted by Crippen LogP contribution is 2.29. The van der Waals surface area contributed by atoms with Crippen molar-refractivity contribution in [1.82, 2.24) is 10.6 Å². The lowest BCUT2D eigenvalue weighted by atomic mass is 10.1. The number of anilines is 2. The first-order chi connectivity index (χ1) is 19.3.